The van der Waals surface area contributed by atoms with Crippen LogP contribution in [0.3, 0.4) is 0 Å². The third kappa shape index (κ3) is 3.16. The average Bonchev–Trinajstić information content (AvgIpc) is 3.06. The summed E-state index contributed by atoms with van der Waals surface area (Å²) in [6, 6.07) is 6.97. The molecule has 1 saturated heterocycles. The molecule has 28 heavy (non-hydrogen) atoms. The Bertz CT molecular complexity index is 1190. The maximum Gasteiger partial charge on any atom is 0.511 e. The van der Waals surface area contributed by atoms with E-state index in [2.05, 4.69) is 5.10 Å². The molecule has 8 nitrogen and oxygen atoms in total. The summed E-state index contributed by atoms with van der Waals surface area (Å²) in [4.78, 5) is 13.9. The average molecular weight is 416 g/mol. The Hall–Kier alpha value is -2.44. The first-order valence-electron chi connectivity index (χ1n) is 8.34. The lowest BCUT2D eigenvalue weighted by molar-refractivity contribution is -0.0502. The van der Waals surface area contributed by atoms with Gasteiger partial charge in [-0.1, -0.05) is 12.1 Å². The summed E-state index contributed by atoms with van der Waals surface area (Å²) in [6.07, 6.45) is 1.52. The highest BCUT2D eigenvalue weighted by Gasteiger charge is 2.50. The van der Waals surface area contributed by atoms with Gasteiger partial charge in [0.05, 0.1) is 6.67 Å². The van der Waals surface area contributed by atoms with Crippen molar-refractivity contribution in [3.8, 4) is 0 Å². The van der Waals surface area contributed by atoms with Crippen molar-refractivity contribution in [3.05, 3.63) is 40.9 Å². The molecule has 1 aliphatic rings. The minimum atomic E-state index is -5.32. The van der Waals surface area contributed by atoms with Crippen LogP contribution in [0.15, 0.2) is 39.7 Å². The number of piperazine rings is 1. The number of alkyl halides is 3. The lowest BCUT2D eigenvalue weighted by Crippen LogP contribution is -2.52. The first kappa shape index (κ1) is 18.9. The van der Waals surface area contributed by atoms with Gasteiger partial charge in [-0.2, -0.15) is 22.6 Å². The van der Waals surface area contributed by atoms with Gasteiger partial charge in [0.1, 0.15) is 16.5 Å². The number of para-hydroxylation sites is 1. The fourth-order valence-corrected chi connectivity index (χ4v) is 4.15. The Labute approximate surface area is 156 Å². The predicted molar refractivity (Wildman–Crippen MR) is 93.9 cm³/mol. The Kier molecular flexibility index (Phi) is 4.43. The zero-order valence-corrected chi connectivity index (χ0v) is 15.2. The van der Waals surface area contributed by atoms with E-state index in [-0.39, 0.29) is 32.8 Å². The van der Waals surface area contributed by atoms with Crippen molar-refractivity contribution in [3.63, 3.8) is 0 Å². The normalized spacial score (nSPS) is 17.5. The van der Waals surface area contributed by atoms with Crippen molar-refractivity contribution in [2.45, 2.75) is 12.2 Å². The topological polar surface area (TPSA) is 88.7 Å². The molecular formula is C16H15F3N4O4S. The molecule has 4 rings (SSSR count). The van der Waals surface area contributed by atoms with Crippen LogP contribution in [0.25, 0.3) is 21.9 Å². The molecule has 150 valence electrons. The van der Waals surface area contributed by atoms with Crippen LogP contribution in [0.2, 0.25) is 0 Å². The molecule has 0 saturated carbocycles. The van der Waals surface area contributed by atoms with Gasteiger partial charge in [-0.3, -0.25) is 9.58 Å². The highest BCUT2D eigenvalue weighted by Crippen LogP contribution is 2.27. The fraction of sp³-hybridized carbons (Fsp3) is 0.375. The van der Waals surface area contributed by atoms with Gasteiger partial charge >= 0.3 is 21.2 Å². The van der Waals surface area contributed by atoms with Gasteiger partial charge in [0.25, 0.3) is 0 Å². The van der Waals surface area contributed by atoms with E-state index in [1.165, 1.54) is 10.9 Å². The van der Waals surface area contributed by atoms with Crippen molar-refractivity contribution in [2.24, 2.45) is 0 Å². The Balaban J connectivity index is 1.53. The van der Waals surface area contributed by atoms with E-state index in [1.54, 1.807) is 29.2 Å². The van der Waals surface area contributed by atoms with E-state index < -0.39 is 21.2 Å². The smallest absolute Gasteiger partial charge is 0.422 e. The van der Waals surface area contributed by atoms with Crippen LogP contribution >= 0.6 is 0 Å². The maximum absolute atomic E-state index is 12.6. The van der Waals surface area contributed by atoms with Crippen LogP contribution in [-0.2, 0) is 16.7 Å². The number of fused-ring (bicyclic) bond motifs is 3. The number of hydrogen-bond donors (Lipinski definition) is 0. The number of hydrogen-bond acceptors (Lipinski definition) is 6. The van der Waals surface area contributed by atoms with Crippen LogP contribution in [0.1, 0.15) is 0 Å². The third-order valence-electron chi connectivity index (χ3n) is 4.63. The summed E-state index contributed by atoms with van der Waals surface area (Å²) in [6.45, 7) is -0.106. The Morgan fingerprint density at radius 1 is 1.07 bits per heavy atom. The zero-order valence-electron chi connectivity index (χ0n) is 14.4. The molecule has 0 N–H and O–H groups in total. The van der Waals surface area contributed by atoms with Crippen molar-refractivity contribution in [2.75, 3.05) is 26.2 Å². The summed E-state index contributed by atoms with van der Waals surface area (Å²) in [5.74, 6) is 0. The minimum absolute atomic E-state index is 0.112. The second-order valence-electron chi connectivity index (χ2n) is 6.43. The Morgan fingerprint density at radius 3 is 2.43 bits per heavy atom. The van der Waals surface area contributed by atoms with Gasteiger partial charge in [-0.25, -0.2) is 13.2 Å². The standard InChI is InChI=1S/C16H15F3N4O4S/c17-16(18,19)28(25,26)23-7-5-21(6-8-23)10-22-9-12-14(20-22)11-3-1-2-4-13(11)27-15(12)24/h1-4,9H,5-8,10H2. The summed E-state index contributed by atoms with van der Waals surface area (Å²) in [7, 11) is -5.32. The Morgan fingerprint density at radius 2 is 1.75 bits per heavy atom. The molecule has 0 bridgehead atoms. The molecule has 12 heteroatoms. The van der Waals surface area contributed by atoms with Crippen molar-refractivity contribution in [1.29, 1.82) is 0 Å². The SMILES string of the molecule is O=c1oc2ccccc2c2nn(CN3CCN(S(=O)(=O)C(F)(F)F)CC3)cc12. The summed E-state index contributed by atoms with van der Waals surface area (Å²) < 4.78 is 68.1. The van der Waals surface area contributed by atoms with Gasteiger partial charge in [0.2, 0.25) is 0 Å². The molecule has 2 aromatic heterocycles. The van der Waals surface area contributed by atoms with Crippen molar-refractivity contribution in [1.82, 2.24) is 19.0 Å². The molecule has 1 aromatic carbocycles. The lowest BCUT2D eigenvalue weighted by atomic mass is 10.2. The number of sulfonamides is 1. The largest absolute Gasteiger partial charge is 0.511 e. The van der Waals surface area contributed by atoms with Crippen LogP contribution in [-0.4, -0.2) is 59.1 Å². The highest BCUT2D eigenvalue weighted by atomic mass is 32.2. The molecule has 3 heterocycles. The number of rotatable bonds is 3. The van der Waals surface area contributed by atoms with Gasteiger partial charge in [0.15, 0.2) is 0 Å². The van der Waals surface area contributed by atoms with E-state index in [9.17, 15) is 26.4 Å². The van der Waals surface area contributed by atoms with Crippen LogP contribution in [0.5, 0.6) is 0 Å². The highest BCUT2D eigenvalue weighted by molar-refractivity contribution is 7.90. The van der Waals surface area contributed by atoms with Crippen LogP contribution in [0.4, 0.5) is 13.2 Å². The van der Waals surface area contributed by atoms with Gasteiger partial charge in [0, 0.05) is 37.8 Å². The van der Waals surface area contributed by atoms with Crippen molar-refractivity contribution >= 4 is 31.9 Å². The van der Waals surface area contributed by atoms with E-state index in [4.69, 9.17) is 4.42 Å². The molecule has 0 atom stereocenters. The lowest BCUT2D eigenvalue weighted by Gasteiger charge is -2.33. The maximum atomic E-state index is 12.6. The summed E-state index contributed by atoms with van der Waals surface area (Å²) >= 11 is 0. The second kappa shape index (κ2) is 6.57. The quantitative estimate of drug-likeness (QED) is 0.603. The van der Waals surface area contributed by atoms with E-state index in [1.807, 2.05) is 0 Å². The first-order chi connectivity index (χ1) is 13.2. The molecule has 0 aliphatic carbocycles. The van der Waals surface area contributed by atoms with Gasteiger partial charge < -0.3 is 4.42 Å². The molecule has 0 spiro atoms. The first-order valence-corrected chi connectivity index (χ1v) is 9.78. The molecule has 3 aromatic rings. The minimum Gasteiger partial charge on any atom is -0.422 e. The number of nitrogens with zero attached hydrogens (tertiary/aromatic N) is 4. The molecule has 0 unspecified atom stereocenters. The third-order valence-corrected chi connectivity index (χ3v) is 6.26. The number of aromatic nitrogens is 2. The van der Waals surface area contributed by atoms with Gasteiger partial charge in [-0.15, -0.1) is 0 Å². The zero-order chi connectivity index (χ0) is 20.1. The fourth-order valence-electron chi connectivity index (χ4n) is 3.21. The van der Waals surface area contributed by atoms with E-state index >= 15 is 0 Å². The number of halogens is 3. The monoisotopic (exact) mass is 416 g/mol. The molecule has 0 radical (unpaired) electrons. The van der Waals surface area contributed by atoms with E-state index in [0.717, 1.165) is 0 Å². The number of benzene rings is 1. The van der Waals surface area contributed by atoms with Gasteiger partial charge in [-0.05, 0) is 12.1 Å². The molecule has 1 fully saturated rings. The summed E-state index contributed by atoms with van der Waals surface area (Å²) in [5, 5.41) is 5.39. The molecule has 0 amide bonds. The van der Waals surface area contributed by atoms with Crippen LogP contribution in [0, 0.1) is 0 Å². The van der Waals surface area contributed by atoms with E-state index in [0.29, 0.717) is 26.2 Å². The predicted octanol–water partition coefficient (Wildman–Crippen LogP) is 1.57. The van der Waals surface area contributed by atoms with Crippen molar-refractivity contribution < 1.29 is 26.0 Å². The molecule has 1 aliphatic heterocycles. The second-order valence-corrected chi connectivity index (χ2v) is 8.36. The molecular weight excluding hydrogens is 401 g/mol. The summed E-state index contributed by atoms with van der Waals surface area (Å²) in [5.41, 5.74) is -4.94. The van der Waals surface area contributed by atoms with Crippen LogP contribution < -0.4 is 5.63 Å².